The predicted octanol–water partition coefficient (Wildman–Crippen LogP) is 0.567. The van der Waals surface area contributed by atoms with Gasteiger partial charge in [0.25, 0.3) is 5.91 Å². The first-order chi connectivity index (χ1) is 12.7. The van der Waals surface area contributed by atoms with Crippen molar-refractivity contribution in [2.45, 2.75) is 18.5 Å². The molecule has 2 aromatic heterocycles. The highest BCUT2D eigenvalue weighted by molar-refractivity contribution is 5.91. The van der Waals surface area contributed by atoms with Crippen LogP contribution in [0, 0.1) is 0 Å². The van der Waals surface area contributed by atoms with Crippen LogP contribution < -0.4 is 10.9 Å². The summed E-state index contributed by atoms with van der Waals surface area (Å²) in [4.78, 5) is 32.9. The van der Waals surface area contributed by atoms with Crippen LogP contribution in [0.4, 0.5) is 0 Å². The largest absolute Gasteiger partial charge is 0.459 e. The number of hydrogen-bond donors (Lipinski definition) is 2. The van der Waals surface area contributed by atoms with Crippen molar-refractivity contribution in [2.24, 2.45) is 0 Å². The number of amides is 2. The molecule has 0 saturated carbocycles. The average Bonchev–Trinajstić information content (AvgIpc) is 3.40. The minimum atomic E-state index is -0.283. The fraction of sp³-hybridized carbons (Fsp3) is 0.389. The van der Waals surface area contributed by atoms with Crippen LogP contribution in [-0.4, -0.2) is 58.8 Å². The minimum Gasteiger partial charge on any atom is -0.459 e. The number of piperazine rings is 1. The zero-order valence-corrected chi connectivity index (χ0v) is 14.3. The number of rotatable bonds is 3. The van der Waals surface area contributed by atoms with Crippen molar-refractivity contribution in [1.82, 2.24) is 25.6 Å². The standard InChI is InChI=1S/C18H21N5O3/c24-17(15-12-14(20-21-15)13-4-1-2-6-19-13)22-7-9-23(10-8-22)18(25)16-5-3-11-26-16/h1-6,11,14-15,20-21H,7-10,12H2. The summed E-state index contributed by atoms with van der Waals surface area (Å²) in [7, 11) is 0. The number of carbonyl (C=O) groups excluding carboxylic acids is 2. The van der Waals surface area contributed by atoms with Gasteiger partial charge < -0.3 is 14.2 Å². The van der Waals surface area contributed by atoms with Gasteiger partial charge in [-0.2, -0.15) is 0 Å². The molecule has 0 bridgehead atoms. The number of carbonyl (C=O) groups is 2. The number of nitrogens with one attached hydrogen (secondary N) is 2. The van der Waals surface area contributed by atoms with Gasteiger partial charge in [-0.05, 0) is 30.7 Å². The van der Waals surface area contributed by atoms with E-state index in [1.807, 2.05) is 23.1 Å². The summed E-state index contributed by atoms with van der Waals surface area (Å²) in [6.07, 6.45) is 3.90. The van der Waals surface area contributed by atoms with Gasteiger partial charge in [0, 0.05) is 32.4 Å². The maximum atomic E-state index is 12.8. The van der Waals surface area contributed by atoms with Gasteiger partial charge in [-0.15, -0.1) is 0 Å². The first-order valence-electron chi connectivity index (χ1n) is 8.76. The zero-order valence-electron chi connectivity index (χ0n) is 14.3. The quantitative estimate of drug-likeness (QED) is 0.836. The fourth-order valence-electron chi connectivity index (χ4n) is 3.40. The van der Waals surface area contributed by atoms with Crippen LogP contribution >= 0.6 is 0 Å². The second-order valence-electron chi connectivity index (χ2n) is 6.48. The highest BCUT2D eigenvalue weighted by Gasteiger charge is 2.35. The maximum absolute atomic E-state index is 12.8. The van der Waals surface area contributed by atoms with Crippen LogP contribution in [0.15, 0.2) is 47.2 Å². The van der Waals surface area contributed by atoms with Crippen LogP contribution in [0.1, 0.15) is 28.7 Å². The summed E-state index contributed by atoms with van der Waals surface area (Å²) in [5.41, 5.74) is 7.15. The Bertz CT molecular complexity index is 756. The number of pyridine rings is 1. The van der Waals surface area contributed by atoms with Crippen molar-refractivity contribution >= 4 is 11.8 Å². The molecule has 2 amide bonds. The summed E-state index contributed by atoms with van der Waals surface area (Å²) in [6.45, 7) is 2.07. The number of hydrazine groups is 1. The lowest BCUT2D eigenvalue weighted by Gasteiger charge is -2.35. The van der Waals surface area contributed by atoms with Gasteiger partial charge in [0.1, 0.15) is 6.04 Å². The Morgan fingerprint density at radius 3 is 2.54 bits per heavy atom. The molecule has 0 aromatic carbocycles. The fourth-order valence-corrected chi connectivity index (χ4v) is 3.40. The van der Waals surface area contributed by atoms with Crippen molar-refractivity contribution in [3.8, 4) is 0 Å². The van der Waals surface area contributed by atoms with Crippen molar-refractivity contribution < 1.29 is 14.0 Å². The summed E-state index contributed by atoms with van der Waals surface area (Å²) in [5, 5.41) is 0. The molecule has 2 aliphatic heterocycles. The molecule has 2 fully saturated rings. The Labute approximate surface area is 151 Å². The lowest BCUT2D eigenvalue weighted by Crippen LogP contribution is -2.54. The SMILES string of the molecule is O=C(c1ccco1)N1CCN(C(=O)C2CC(c3ccccn3)NN2)CC1. The summed E-state index contributed by atoms with van der Waals surface area (Å²) in [5.74, 6) is 0.267. The molecule has 0 spiro atoms. The van der Waals surface area contributed by atoms with Gasteiger partial charge >= 0.3 is 0 Å². The highest BCUT2D eigenvalue weighted by Crippen LogP contribution is 2.21. The van der Waals surface area contributed by atoms with E-state index in [0.717, 1.165) is 5.69 Å². The Balaban J connectivity index is 1.31. The molecule has 4 rings (SSSR count). The lowest BCUT2D eigenvalue weighted by atomic mass is 10.1. The molecule has 2 N–H and O–H groups in total. The first-order valence-corrected chi connectivity index (χ1v) is 8.76. The van der Waals surface area contributed by atoms with Crippen molar-refractivity contribution in [1.29, 1.82) is 0 Å². The van der Waals surface area contributed by atoms with E-state index in [9.17, 15) is 9.59 Å². The third kappa shape index (κ3) is 3.33. The van der Waals surface area contributed by atoms with E-state index >= 15 is 0 Å². The molecule has 8 nitrogen and oxygen atoms in total. The monoisotopic (exact) mass is 355 g/mol. The summed E-state index contributed by atoms with van der Waals surface area (Å²) >= 11 is 0. The molecule has 0 aliphatic carbocycles. The Kier molecular flexibility index (Phi) is 4.68. The van der Waals surface area contributed by atoms with Crippen LogP contribution in [0.25, 0.3) is 0 Å². The molecule has 2 atom stereocenters. The molecular formula is C18H21N5O3. The zero-order chi connectivity index (χ0) is 17.9. The van der Waals surface area contributed by atoms with Crippen LogP contribution in [0.3, 0.4) is 0 Å². The van der Waals surface area contributed by atoms with Crippen molar-refractivity contribution in [3.63, 3.8) is 0 Å². The second-order valence-corrected chi connectivity index (χ2v) is 6.48. The van der Waals surface area contributed by atoms with Gasteiger partial charge in [0.15, 0.2) is 5.76 Å². The molecule has 2 unspecified atom stereocenters. The molecule has 0 radical (unpaired) electrons. The number of aromatic nitrogens is 1. The Morgan fingerprint density at radius 1 is 1.04 bits per heavy atom. The van der Waals surface area contributed by atoms with Gasteiger partial charge in [0.05, 0.1) is 18.0 Å². The number of hydrogen-bond acceptors (Lipinski definition) is 6. The van der Waals surface area contributed by atoms with E-state index in [1.165, 1.54) is 6.26 Å². The van der Waals surface area contributed by atoms with Crippen molar-refractivity contribution in [3.05, 3.63) is 54.2 Å². The van der Waals surface area contributed by atoms with Crippen LogP contribution in [-0.2, 0) is 4.79 Å². The van der Waals surface area contributed by atoms with Crippen molar-refractivity contribution in [2.75, 3.05) is 26.2 Å². The predicted molar refractivity (Wildman–Crippen MR) is 92.8 cm³/mol. The van der Waals surface area contributed by atoms with Crippen LogP contribution in [0.5, 0.6) is 0 Å². The molecular weight excluding hydrogens is 334 g/mol. The van der Waals surface area contributed by atoms with E-state index in [0.29, 0.717) is 38.4 Å². The molecule has 8 heteroatoms. The normalized spacial score (nSPS) is 23.2. The summed E-state index contributed by atoms with van der Waals surface area (Å²) < 4.78 is 5.16. The number of nitrogens with zero attached hydrogens (tertiary/aromatic N) is 3. The molecule has 2 aliphatic rings. The highest BCUT2D eigenvalue weighted by atomic mass is 16.3. The lowest BCUT2D eigenvalue weighted by molar-refractivity contribution is -0.134. The van der Waals surface area contributed by atoms with Crippen LogP contribution in [0.2, 0.25) is 0 Å². The topological polar surface area (TPSA) is 90.7 Å². The molecule has 26 heavy (non-hydrogen) atoms. The van der Waals surface area contributed by atoms with Gasteiger partial charge in [-0.1, -0.05) is 6.07 Å². The minimum absolute atomic E-state index is 0.0203. The van der Waals surface area contributed by atoms with E-state index in [-0.39, 0.29) is 23.9 Å². The molecule has 4 heterocycles. The molecule has 2 saturated heterocycles. The van der Waals surface area contributed by atoms with E-state index < -0.39 is 0 Å². The van der Waals surface area contributed by atoms with Gasteiger partial charge in [0.2, 0.25) is 5.91 Å². The third-order valence-corrected chi connectivity index (χ3v) is 4.86. The second kappa shape index (κ2) is 7.27. The van der Waals surface area contributed by atoms with Gasteiger partial charge in [-0.3, -0.25) is 14.6 Å². The Hall–Kier alpha value is -2.71. The Morgan fingerprint density at radius 2 is 1.85 bits per heavy atom. The smallest absolute Gasteiger partial charge is 0.289 e. The van der Waals surface area contributed by atoms with E-state index in [4.69, 9.17) is 4.42 Å². The van der Waals surface area contributed by atoms with Gasteiger partial charge in [-0.25, -0.2) is 10.9 Å². The number of furan rings is 1. The molecule has 2 aromatic rings. The first kappa shape index (κ1) is 16.7. The molecule has 136 valence electrons. The third-order valence-electron chi connectivity index (χ3n) is 4.86. The maximum Gasteiger partial charge on any atom is 0.289 e. The average molecular weight is 355 g/mol. The summed E-state index contributed by atoms with van der Waals surface area (Å²) in [6, 6.07) is 8.86. The van der Waals surface area contributed by atoms with E-state index in [1.54, 1.807) is 23.2 Å². The van der Waals surface area contributed by atoms with E-state index in [2.05, 4.69) is 15.8 Å².